The molecule has 1 amide bonds. The monoisotopic (exact) mass is 312 g/mol. The third-order valence-electron chi connectivity index (χ3n) is 3.10. The standard InChI is InChI=1S/C15H21ClN2O3/c16-12-3-1-11(2-4-12)9-21-10-14(19)7-17-8-15(20)18-13-5-6-13/h1-4,13-14,17,19H,5-10H2,(H,18,20). The van der Waals surface area contributed by atoms with Crippen molar-refractivity contribution in [1.29, 1.82) is 0 Å². The number of aliphatic hydroxyl groups excluding tert-OH is 1. The fraction of sp³-hybridized carbons (Fsp3) is 0.533. The Kier molecular flexibility index (Phi) is 6.45. The number of halogens is 1. The highest BCUT2D eigenvalue weighted by molar-refractivity contribution is 6.30. The van der Waals surface area contributed by atoms with Crippen molar-refractivity contribution in [1.82, 2.24) is 10.6 Å². The Morgan fingerprint density at radius 2 is 2.10 bits per heavy atom. The van der Waals surface area contributed by atoms with Gasteiger partial charge in [-0.25, -0.2) is 0 Å². The second kappa shape index (κ2) is 8.34. The van der Waals surface area contributed by atoms with E-state index in [9.17, 15) is 9.90 Å². The number of ether oxygens (including phenoxy) is 1. The molecular weight excluding hydrogens is 292 g/mol. The molecule has 1 saturated carbocycles. The zero-order chi connectivity index (χ0) is 15.1. The molecule has 1 aromatic carbocycles. The summed E-state index contributed by atoms with van der Waals surface area (Å²) in [5.41, 5.74) is 1.00. The smallest absolute Gasteiger partial charge is 0.234 e. The molecule has 116 valence electrons. The summed E-state index contributed by atoms with van der Waals surface area (Å²) in [6.07, 6.45) is 1.52. The maximum atomic E-state index is 11.4. The van der Waals surface area contributed by atoms with Crippen molar-refractivity contribution in [2.75, 3.05) is 19.7 Å². The molecule has 5 nitrogen and oxygen atoms in total. The lowest BCUT2D eigenvalue weighted by molar-refractivity contribution is -0.120. The third-order valence-corrected chi connectivity index (χ3v) is 3.35. The summed E-state index contributed by atoms with van der Waals surface area (Å²) >= 11 is 5.79. The molecule has 0 saturated heterocycles. The van der Waals surface area contributed by atoms with Crippen LogP contribution in [0.3, 0.4) is 0 Å². The van der Waals surface area contributed by atoms with Crippen LogP contribution in [0.15, 0.2) is 24.3 Å². The Balaban J connectivity index is 1.51. The summed E-state index contributed by atoms with van der Waals surface area (Å²) < 4.78 is 5.42. The molecule has 0 aromatic heterocycles. The fourth-order valence-corrected chi connectivity index (χ4v) is 1.94. The Labute approximate surface area is 129 Å². The minimum Gasteiger partial charge on any atom is -0.389 e. The Hall–Kier alpha value is -1.14. The molecule has 1 unspecified atom stereocenters. The van der Waals surface area contributed by atoms with E-state index in [1.165, 1.54) is 0 Å². The Morgan fingerprint density at radius 3 is 2.76 bits per heavy atom. The van der Waals surface area contributed by atoms with Crippen LogP contribution < -0.4 is 10.6 Å². The number of rotatable bonds is 9. The predicted octanol–water partition coefficient (Wildman–Crippen LogP) is 1.09. The highest BCUT2D eigenvalue weighted by Crippen LogP contribution is 2.18. The van der Waals surface area contributed by atoms with Crippen LogP contribution in [0.4, 0.5) is 0 Å². The first-order valence-electron chi connectivity index (χ1n) is 7.14. The number of hydrogen-bond acceptors (Lipinski definition) is 4. The molecule has 1 aliphatic carbocycles. The summed E-state index contributed by atoms with van der Waals surface area (Å²) in [6.45, 7) is 1.21. The summed E-state index contributed by atoms with van der Waals surface area (Å²) in [4.78, 5) is 11.4. The van der Waals surface area contributed by atoms with Crippen LogP contribution in [0, 0.1) is 0 Å². The van der Waals surface area contributed by atoms with Gasteiger partial charge in [-0.1, -0.05) is 23.7 Å². The molecule has 21 heavy (non-hydrogen) atoms. The number of benzene rings is 1. The number of carbonyl (C=O) groups is 1. The lowest BCUT2D eigenvalue weighted by Gasteiger charge is -2.12. The molecule has 0 radical (unpaired) electrons. The van der Waals surface area contributed by atoms with Crippen LogP contribution in [0.5, 0.6) is 0 Å². The molecular formula is C15H21ClN2O3. The van der Waals surface area contributed by atoms with E-state index in [1.54, 1.807) is 12.1 Å². The second-order valence-corrected chi connectivity index (χ2v) is 5.70. The SMILES string of the molecule is O=C(CNCC(O)COCc1ccc(Cl)cc1)NC1CC1. The van der Waals surface area contributed by atoms with Crippen LogP contribution >= 0.6 is 11.6 Å². The first kappa shape index (κ1) is 16.2. The number of carbonyl (C=O) groups excluding carboxylic acids is 1. The molecule has 1 atom stereocenters. The van der Waals surface area contributed by atoms with Crippen LogP contribution in [-0.2, 0) is 16.1 Å². The number of amides is 1. The quantitative estimate of drug-likeness (QED) is 0.638. The molecule has 3 N–H and O–H groups in total. The third kappa shape index (κ3) is 6.91. The van der Waals surface area contributed by atoms with Gasteiger partial charge >= 0.3 is 0 Å². The maximum absolute atomic E-state index is 11.4. The molecule has 1 aromatic rings. The molecule has 6 heteroatoms. The number of aliphatic hydroxyl groups is 1. The van der Waals surface area contributed by atoms with Gasteiger partial charge in [-0.2, -0.15) is 0 Å². The van der Waals surface area contributed by atoms with Crippen molar-refractivity contribution in [3.8, 4) is 0 Å². The molecule has 0 heterocycles. The predicted molar refractivity (Wildman–Crippen MR) is 81.1 cm³/mol. The molecule has 0 spiro atoms. The van der Waals surface area contributed by atoms with E-state index < -0.39 is 6.10 Å². The lowest BCUT2D eigenvalue weighted by atomic mass is 10.2. The van der Waals surface area contributed by atoms with E-state index in [0.717, 1.165) is 18.4 Å². The molecule has 0 bridgehead atoms. The first-order chi connectivity index (χ1) is 10.1. The van der Waals surface area contributed by atoms with E-state index >= 15 is 0 Å². The van der Waals surface area contributed by atoms with Crippen LogP contribution in [0.1, 0.15) is 18.4 Å². The van der Waals surface area contributed by atoms with Gasteiger partial charge in [0.15, 0.2) is 0 Å². The van der Waals surface area contributed by atoms with E-state index in [1.807, 2.05) is 12.1 Å². The van der Waals surface area contributed by atoms with E-state index in [2.05, 4.69) is 10.6 Å². The Morgan fingerprint density at radius 1 is 1.38 bits per heavy atom. The van der Waals surface area contributed by atoms with Gasteiger partial charge in [0.1, 0.15) is 0 Å². The van der Waals surface area contributed by atoms with Crippen molar-refractivity contribution >= 4 is 17.5 Å². The van der Waals surface area contributed by atoms with Crippen LogP contribution in [0.2, 0.25) is 5.02 Å². The molecule has 0 aliphatic heterocycles. The van der Waals surface area contributed by atoms with Gasteiger partial charge in [0.05, 0.1) is 25.9 Å². The van der Waals surface area contributed by atoms with Crippen molar-refractivity contribution in [3.63, 3.8) is 0 Å². The number of hydrogen-bond donors (Lipinski definition) is 3. The van der Waals surface area contributed by atoms with Crippen LogP contribution in [0.25, 0.3) is 0 Å². The maximum Gasteiger partial charge on any atom is 0.234 e. The zero-order valence-electron chi connectivity index (χ0n) is 11.8. The van der Waals surface area contributed by atoms with E-state index in [0.29, 0.717) is 24.2 Å². The van der Waals surface area contributed by atoms with Gasteiger partial charge in [0.25, 0.3) is 0 Å². The van der Waals surface area contributed by atoms with Gasteiger partial charge in [0, 0.05) is 17.6 Å². The second-order valence-electron chi connectivity index (χ2n) is 5.27. The average Bonchev–Trinajstić information content (AvgIpc) is 3.25. The topological polar surface area (TPSA) is 70.6 Å². The fourth-order valence-electron chi connectivity index (χ4n) is 1.81. The van der Waals surface area contributed by atoms with Gasteiger partial charge in [-0.05, 0) is 30.5 Å². The highest BCUT2D eigenvalue weighted by atomic mass is 35.5. The highest BCUT2D eigenvalue weighted by Gasteiger charge is 2.22. The van der Waals surface area contributed by atoms with E-state index in [4.69, 9.17) is 16.3 Å². The summed E-state index contributed by atoms with van der Waals surface area (Å²) in [5, 5.41) is 16.2. The number of nitrogens with one attached hydrogen (secondary N) is 2. The summed E-state index contributed by atoms with van der Waals surface area (Å²) in [6, 6.07) is 7.74. The Bertz CT molecular complexity index is 449. The van der Waals surface area contributed by atoms with Gasteiger partial charge in [0.2, 0.25) is 5.91 Å². The summed E-state index contributed by atoms with van der Waals surface area (Å²) in [7, 11) is 0. The van der Waals surface area contributed by atoms with E-state index in [-0.39, 0.29) is 19.1 Å². The van der Waals surface area contributed by atoms with Crippen molar-refractivity contribution in [2.24, 2.45) is 0 Å². The average molecular weight is 313 g/mol. The summed E-state index contributed by atoms with van der Waals surface area (Å²) in [5.74, 6) is -0.0215. The first-order valence-corrected chi connectivity index (χ1v) is 7.51. The zero-order valence-corrected chi connectivity index (χ0v) is 12.6. The minimum absolute atomic E-state index is 0.0215. The largest absolute Gasteiger partial charge is 0.389 e. The molecule has 2 rings (SSSR count). The van der Waals surface area contributed by atoms with Crippen molar-refractivity contribution in [2.45, 2.75) is 31.6 Å². The lowest BCUT2D eigenvalue weighted by Crippen LogP contribution is -2.39. The van der Waals surface area contributed by atoms with Crippen molar-refractivity contribution in [3.05, 3.63) is 34.9 Å². The van der Waals surface area contributed by atoms with Gasteiger partial charge < -0.3 is 20.5 Å². The van der Waals surface area contributed by atoms with Crippen molar-refractivity contribution < 1.29 is 14.6 Å². The van der Waals surface area contributed by atoms with Crippen LogP contribution in [-0.4, -0.2) is 42.9 Å². The van der Waals surface area contributed by atoms with Gasteiger partial charge in [-0.15, -0.1) is 0 Å². The molecule has 1 aliphatic rings. The minimum atomic E-state index is -0.633. The van der Waals surface area contributed by atoms with Gasteiger partial charge in [-0.3, -0.25) is 4.79 Å². The normalized spacial score (nSPS) is 15.7. The molecule has 1 fully saturated rings.